The Morgan fingerprint density at radius 3 is 2.23 bits per heavy atom. The third-order valence-corrected chi connectivity index (χ3v) is 4.49. The Labute approximate surface area is 152 Å². The van der Waals surface area contributed by atoms with Crippen LogP contribution in [0.2, 0.25) is 0 Å². The normalized spacial score (nSPS) is 16.7. The van der Waals surface area contributed by atoms with E-state index in [-0.39, 0.29) is 24.0 Å². The van der Waals surface area contributed by atoms with Crippen LogP contribution in [0.3, 0.4) is 0 Å². The van der Waals surface area contributed by atoms with Crippen molar-refractivity contribution in [3.8, 4) is 0 Å². The van der Waals surface area contributed by atoms with E-state index < -0.39 is 0 Å². The molecule has 0 bridgehead atoms. The highest BCUT2D eigenvalue weighted by Gasteiger charge is 2.39. The zero-order valence-electron chi connectivity index (χ0n) is 14.2. The highest BCUT2D eigenvalue weighted by Crippen LogP contribution is 2.35. The van der Waals surface area contributed by atoms with Gasteiger partial charge in [-0.25, -0.2) is 4.99 Å². The summed E-state index contributed by atoms with van der Waals surface area (Å²) >= 11 is 0. The lowest BCUT2D eigenvalue weighted by Gasteiger charge is -2.47. The van der Waals surface area contributed by atoms with Crippen LogP contribution >= 0.6 is 24.0 Å². The van der Waals surface area contributed by atoms with Crippen LogP contribution in [-0.2, 0) is 6.54 Å². The summed E-state index contributed by atoms with van der Waals surface area (Å²) in [6.07, 6.45) is 3.87. The average molecular weight is 416 g/mol. The van der Waals surface area contributed by atoms with Crippen molar-refractivity contribution in [3.05, 3.63) is 35.9 Å². The average Bonchev–Trinajstić information content (AvgIpc) is 2.41. The fourth-order valence-corrected chi connectivity index (χ4v) is 2.72. The summed E-state index contributed by atoms with van der Waals surface area (Å²) in [4.78, 5) is 9.14. The number of nitrogens with zero attached hydrogens (tertiary/aromatic N) is 3. The fraction of sp³-hybridized carbons (Fsp3) is 0.588. The van der Waals surface area contributed by atoms with Gasteiger partial charge in [0.15, 0.2) is 5.96 Å². The van der Waals surface area contributed by atoms with Crippen molar-refractivity contribution in [2.45, 2.75) is 31.3 Å². The van der Waals surface area contributed by atoms with Gasteiger partial charge in [-0.2, -0.15) is 0 Å². The van der Waals surface area contributed by atoms with Gasteiger partial charge in [-0.3, -0.25) is 0 Å². The number of rotatable bonds is 5. The van der Waals surface area contributed by atoms with E-state index in [1.165, 1.54) is 24.8 Å². The van der Waals surface area contributed by atoms with Crippen molar-refractivity contribution in [1.29, 1.82) is 0 Å². The SMILES string of the molecule is CN(C)C(=NCc1ccccc1)NCC1(N(C)C)CCC1.I. The van der Waals surface area contributed by atoms with Crippen LogP contribution in [0.1, 0.15) is 24.8 Å². The van der Waals surface area contributed by atoms with Crippen molar-refractivity contribution in [1.82, 2.24) is 15.1 Å². The van der Waals surface area contributed by atoms with Crippen molar-refractivity contribution >= 4 is 29.9 Å². The molecule has 0 atom stereocenters. The topological polar surface area (TPSA) is 30.9 Å². The van der Waals surface area contributed by atoms with Crippen LogP contribution in [0.15, 0.2) is 35.3 Å². The molecule has 1 aromatic rings. The van der Waals surface area contributed by atoms with Crippen molar-refractivity contribution in [2.75, 3.05) is 34.7 Å². The smallest absolute Gasteiger partial charge is 0.193 e. The number of benzene rings is 1. The van der Waals surface area contributed by atoms with Crippen LogP contribution < -0.4 is 5.32 Å². The molecule has 0 aromatic heterocycles. The largest absolute Gasteiger partial charge is 0.354 e. The molecule has 1 aliphatic carbocycles. The molecule has 2 rings (SSSR count). The van der Waals surface area contributed by atoms with Gasteiger partial charge in [0.05, 0.1) is 6.54 Å². The highest BCUT2D eigenvalue weighted by molar-refractivity contribution is 14.0. The van der Waals surface area contributed by atoms with E-state index in [9.17, 15) is 0 Å². The summed E-state index contributed by atoms with van der Waals surface area (Å²) in [6.45, 7) is 1.68. The molecule has 0 unspecified atom stereocenters. The Bertz CT molecular complexity index is 467. The van der Waals surface area contributed by atoms with Crippen LogP contribution in [0.25, 0.3) is 0 Å². The Kier molecular flexibility index (Phi) is 7.62. The van der Waals surface area contributed by atoms with Gasteiger partial charge in [-0.05, 0) is 38.9 Å². The van der Waals surface area contributed by atoms with Crippen LogP contribution in [0.4, 0.5) is 0 Å². The molecule has 0 radical (unpaired) electrons. The maximum Gasteiger partial charge on any atom is 0.193 e. The lowest BCUT2D eigenvalue weighted by molar-refractivity contribution is 0.0642. The molecule has 1 aliphatic rings. The number of likely N-dealkylation sites (N-methyl/N-ethyl adjacent to an activating group) is 1. The van der Waals surface area contributed by atoms with Gasteiger partial charge >= 0.3 is 0 Å². The van der Waals surface area contributed by atoms with Gasteiger partial charge in [0.25, 0.3) is 0 Å². The number of hydrogen-bond donors (Lipinski definition) is 1. The molecule has 22 heavy (non-hydrogen) atoms. The second kappa shape index (κ2) is 8.72. The summed E-state index contributed by atoms with van der Waals surface area (Å²) < 4.78 is 0. The lowest BCUT2D eigenvalue weighted by Crippen LogP contribution is -2.58. The van der Waals surface area contributed by atoms with E-state index in [4.69, 9.17) is 4.99 Å². The van der Waals surface area contributed by atoms with E-state index in [1.54, 1.807) is 0 Å². The molecule has 1 saturated carbocycles. The van der Waals surface area contributed by atoms with E-state index in [1.807, 2.05) is 20.2 Å². The summed E-state index contributed by atoms with van der Waals surface area (Å²) in [5.74, 6) is 0.965. The molecular weight excluding hydrogens is 387 g/mol. The van der Waals surface area contributed by atoms with Gasteiger partial charge in [0, 0.05) is 26.2 Å². The van der Waals surface area contributed by atoms with Crippen molar-refractivity contribution in [2.24, 2.45) is 4.99 Å². The Morgan fingerprint density at radius 1 is 1.14 bits per heavy atom. The first-order chi connectivity index (χ1) is 10.0. The summed E-state index contributed by atoms with van der Waals surface area (Å²) in [6, 6.07) is 10.4. The van der Waals surface area contributed by atoms with E-state index >= 15 is 0 Å². The van der Waals surface area contributed by atoms with E-state index in [2.05, 4.69) is 53.5 Å². The minimum Gasteiger partial charge on any atom is -0.354 e. The maximum atomic E-state index is 4.73. The monoisotopic (exact) mass is 416 g/mol. The summed E-state index contributed by atoms with van der Waals surface area (Å²) in [5, 5.41) is 3.55. The molecular formula is C17H29IN4. The standard InChI is InChI=1S/C17H28N4.HI/c1-20(2)16(18-13-15-9-6-5-7-10-15)19-14-17(21(3)4)11-8-12-17;/h5-7,9-10H,8,11-14H2,1-4H3,(H,18,19);1H. The highest BCUT2D eigenvalue weighted by atomic mass is 127. The van der Waals surface area contributed by atoms with Gasteiger partial charge in [-0.1, -0.05) is 30.3 Å². The number of hydrogen-bond acceptors (Lipinski definition) is 2. The summed E-state index contributed by atoms with van der Waals surface area (Å²) in [7, 11) is 8.44. The molecule has 0 saturated heterocycles. The first-order valence-corrected chi connectivity index (χ1v) is 7.70. The zero-order chi connectivity index (χ0) is 15.3. The predicted molar refractivity (Wildman–Crippen MR) is 105 cm³/mol. The molecule has 0 amide bonds. The second-order valence-electron chi connectivity index (χ2n) is 6.35. The molecule has 1 aromatic carbocycles. The number of guanidine groups is 1. The molecule has 1 N–H and O–H groups in total. The fourth-order valence-electron chi connectivity index (χ4n) is 2.72. The first kappa shape index (κ1) is 19.2. The number of aliphatic imine (C=N–C) groups is 1. The molecule has 5 heteroatoms. The summed E-state index contributed by atoms with van der Waals surface area (Å²) in [5.41, 5.74) is 1.55. The minimum atomic E-state index is 0. The predicted octanol–water partition coefficient (Wildman–Crippen LogP) is 2.80. The Hall–Kier alpha value is -0.820. The van der Waals surface area contributed by atoms with E-state index in [0.29, 0.717) is 5.54 Å². The van der Waals surface area contributed by atoms with Crippen molar-refractivity contribution < 1.29 is 0 Å². The third kappa shape index (κ3) is 4.84. The van der Waals surface area contributed by atoms with E-state index in [0.717, 1.165) is 19.0 Å². The molecule has 1 fully saturated rings. The maximum absolute atomic E-state index is 4.73. The van der Waals surface area contributed by atoms with Gasteiger partial charge in [0.1, 0.15) is 0 Å². The van der Waals surface area contributed by atoms with Gasteiger partial charge < -0.3 is 15.1 Å². The van der Waals surface area contributed by atoms with Crippen LogP contribution in [0, 0.1) is 0 Å². The second-order valence-corrected chi connectivity index (χ2v) is 6.35. The Morgan fingerprint density at radius 2 is 1.77 bits per heavy atom. The Balaban J connectivity index is 0.00000242. The minimum absolute atomic E-state index is 0. The van der Waals surface area contributed by atoms with Crippen LogP contribution in [0.5, 0.6) is 0 Å². The number of nitrogens with one attached hydrogen (secondary N) is 1. The molecule has 0 spiro atoms. The number of halogens is 1. The van der Waals surface area contributed by atoms with Crippen LogP contribution in [-0.4, -0.2) is 56.0 Å². The quantitative estimate of drug-likeness (QED) is 0.455. The van der Waals surface area contributed by atoms with Gasteiger partial charge in [0.2, 0.25) is 0 Å². The molecule has 0 heterocycles. The van der Waals surface area contributed by atoms with Gasteiger partial charge in [-0.15, -0.1) is 24.0 Å². The lowest BCUT2D eigenvalue weighted by atomic mass is 9.75. The zero-order valence-corrected chi connectivity index (χ0v) is 16.5. The third-order valence-electron chi connectivity index (χ3n) is 4.49. The molecule has 124 valence electrons. The van der Waals surface area contributed by atoms with Crippen molar-refractivity contribution in [3.63, 3.8) is 0 Å². The molecule has 4 nitrogen and oxygen atoms in total. The molecule has 0 aliphatic heterocycles. The first-order valence-electron chi connectivity index (χ1n) is 7.70.